The number of hydrogen-bond donors (Lipinski definition) is 1. The molecule has 2 heterocycles. The molecule has 0 saturated heterocycles. The van der Waals surface area contributed by atoms with E-state index in [4.69, 9.17) is 11.6 Å². The molecule has 154 valence electrons. The zero-order valence-electron chi connectivity index (χ0n) is 15.9. The van der Waals surface area contributed by atoms with E-state index in [1.54, 1.807) is 29.6 Å². The topological polar surface area (TPSA) is 92.2 Å². The first-order valence-corrected chi connectivity index (χ1v) is 11.5. The number of aryl methyl sites for hydroxylation is 1. The van der Waals surface area contributed by atoms with Gasteiger partial charge in [0.15, 0.2) is 0 Å². The van der Waals surface area contributed by atoms with Gasteiger partial charge in [0.1, 0.15) is 4.83 Å². The Balaban J connectivity index is 1.89. The van der Waals surface area contributed by atoms with Crippen LogP contribution in [-0.2, 0) is 10.0 Å². The van der Waals surface area contributed by atoms with Crippen molar-refractivity contribution >= 4 is 48.9 Å². The van der Waals surface area contributed by atoms with E-state index in [1.165, 1.54) is 36.6 Å². The minimum Gasteiger partial charge on any atom is -0.298 e. The Morgan fingerprint density at radius 1 is 1.10 bits per heavy atom. The second-order valence-corrected chi connectivity index (χ2v) is 9.95. The summed E-state index contributed by atoms with van der Waals surface area (Å²) in [5.41, 5.74) is 0.126. The first-order valence-electron chi connectivity index (χ1n) is 8.78. The van der Waals surface area contributed by atoms with Crippen molar-refractivity contribution in [3.8, 4) is 5.69 Å². The van der Waals surface area contributed by atoms with Crippen LogP contribution in [0.1, 0.15) is 5.56 Å². The summed E-state index contributed by atoms with van der Waals surface area (Å²) in [5.74, 6) is 0. The van der Waals surface area contributed by atoms with Gasteiger partial charge in [0.25, 0.3) is 15.6 Å². The van der Waals surface area contributed by atoms with E-state index in [1.807, 2.05) is 13.0 Å². The molecule has 1 N–H and O–H groups in total. The molecule has 0 aliphatic carbocycles. The number of sulfonamides is 1. The van der Waals surface area contributed by atoms with E-state index in [9.17, 15) is 18.0 Å². The average molecular weight is 462 g/mol. The van der Waals surface area contributed by atoms with Gasteiger partial charge in [-0.15, -0.1) is 11.3 Å². The van der Waals surface area contributed by atoms with E-state index in [2.05, 4.69) is 4.98 Å². The van der Waals surface area contributed by atoms with Gasteiger partial charge < -0.3 is 0 Å². The predicted octanol–water partition coefficient (Wildman–Crippen LogP) is 3.53. The van der Waals surface area contributed by atoms with Crippen LogP contribution in [0.15, 0.2) is 68.4 Å². The summed E-state index contributed by atoms with van der Waals surface area (Å²) in [6.45, 7) is 1.86. The van der Waals surface area contributed by atoms with Crippen molar-refractivity contribution in [2.24, 2.45) is 0 Å². The molecule has 0 bridgehead atoms. The van der Waals surface area contributed by atoms with Crippen LogP contribution in [0.3, 0.4) is 0 Å². The fourth-order valence-corrected chi connectivity index (χ4v) is 5.28. The number of benzene rings is 2. The molecule has 0 saturated carbocycles. The molecule has 0 amide bonds. The second kappa shape index (κ2) is 7.42. The Labute approximate surface area is 180 Å². The van der Waals surface area contributed by atoms with Crippen LogP contribution >= 0.6 is 22.9 Å². The molecule has 0 spiro atoms. The number of aromatic nitrogens is 2. The van der Waals surface area contributed by atoms with Crippen molar-refractivity contribution in [1.29, 1.82) is 0 Å². The van der Waals surface area contributed by atoms with E-state index >= 15 is 0 Å². The van der Waals surface area contributed by atoms with Crippen molar-refractivity contribution in [2.45, 2.75) is 11.8 Å². The molecule has 30 heavy (non-hydrogen) atoms. The van der Waals surface area contributed by atoms with Gasteiger partial charge in [0, 0.05) is 7.05 Å². The fourth-order valence-electron chi connectivity index (χ4n) is 3.10. The maximum Gasteiger partial charge on any atom is 0.334 e. The third-order valence-corrected chi connectivity index (χ3v) is 7.64. The number of hydrogen-bond acceptors (Lipinski definition) is 5. The molecule has 7 nitrogen and oxygen atoms in total. The lowest BCUT2D eigenvalue weighted by Gasteiger charge is -2.20. The van der Waals surface area contributed by atoms with Gasteiger partial charge in [-0.25, -0.2) is 17.8 Å². The number of fused-ring (bicyclic) bond motifs is 1. The molecule has 2 aromatic heterocycles. The smallest absolute Gasteiger partial charge is 0.298 e. The molecule has 0 unspecified atom stereocenters. The minimum absolute atomic E-state index is 0.00488. The SMILES string of the molecule is Cc1cccc(N(C)S(=O)(=O)c2ccc(Cl)c(-n3c(=O)[nH]c4sccc4c3=O)c2)c1. The monoisotopic (exact) mass is 461 g/mol. The summed E-state index contributed by atoms with van der Waals surface area (Å²) < 4.78 is 28.4. The number of halogens is 1. The highest BCUT2D eigenvalue weighted by atomic mass is 35.5. The third kappa shape index (κ3) is 3.34. The zero-order chi connectivity index (χ0) is 21.6. The molecule has 0 aliphatic heterocycles. The molecule has 10 heteroatoms. The van der Waals surface area contributed by atoms with E-state index < -0.39 is 21.3 Å². The van der Waals surface area contributed by atoms with E-state index in [0.717, 1.165) is 14.4 Å². The van der Waals surface area contributed by atoms with Gasteiger partial charge in [-0.05, 0) is 54.3 Å². The van der Waals surface area contributed by atoms with E-state index in [0.29, 0.717) is 15.9 Å². The fraction of sp³-hybridized carbons (Fsp3) is 0.100. The molecular formula is C20H16ClN3O4S2. The van der Waals surface area contributed by atoms with Gasteiger partial charge in [-0.1, -0.05) is 23.7 Å². The predicted molar refractivity (Wildman–Crippen MR) is 120 cm³/mol. The number of thiophene rings is 1. The van der Waals surface area contributed by atoms with Gasteiger partial charge in [-0.3, -0.25) is 14.1 Å². The summed E-state index contributed by atoms with van der Waals surface area (Å²) in [4.78, 5) is 28.4. The van der Waals surface area contributed by atoms with Crippen LogP contribution in [0, 0.1) is 6.92 Å². The first-order chi connectivity index (χ1) is 14.2. The number of nitrogens with zero attached hydrogens (tertiary/aromatic N) is 2. The Hall–Kier alpha value is -2.88. The summed E-state index contributed by atoms with van der Waals surface area (Å²) >= 11 is 7.48. The molecule has 4 aromatic rings. The molecule has 0 atom stereocenters. The van der Waals surface area contributed by atoms with Crippen molar-refractivity contribution in [1.82, 2.24) is 9.55 Å². The highest BCUT2D eigenvalue weighted by Gasteiger charge is 2.24. The average Bonchev–Trinajstić information content (AvgIpc) is 3.17. The molecule has 2 aromatic carbocycles. The van der Waals surface area contributed by atoms with Crippen molar-refractivity contribution < 1.29 is 8.42 Å². The molecule has 0 radical (unpaired) electrons. The van der Waals surface area contributed by atoms with Crippen LogP contribution in [0.4, 0.5) is 5.69 Å². The summed E-state index contributed by atoms with van der Waals surface area (Å²) in [5, 5.41) is 2.08. The molecular weight excluding hydrogens is 446 g/mol. The van der Waals surface area contributed by atoms with Gasteiger partial charge in [0.05, 0.1) is 26.7 Å². The molecule has 4 rings (SSSR count). The van der Waals surface area contributed by atoms with Crippen molar-refractivity contribution in [3.63, 3.8) is 0 Å². The van der Waals surface area contributed by atoms with Crippen LogP contribution in [0.25, 0.3) is 15.9 Å². The van der Waals surface area contributed by atoms with Crippen LogP contribution in [0.2, 0.25) is 5.02 Å². The quantitative estimate of drug-likeness (QED) is 0.503. The number of rotatable bonds is 4. The maximum absolute atomic E-state index is 13.2. The summed E-state index contributed by atoms with van der Waals surface area (Å²) in [7, 11) is -2.53. The van der Waals surface area contributed by atoms with Crippen molar-refractivity contribution in [3.05, 3.63) is 85.3 Å². The van der Waals surface area contributed by atoms with E-state index in [-0.39, 0.29) is 15.6 Å². The highest BCUT2D eigenvalue weighted by Crippen LogP contribution is 2.27. The molecule has 0 aliphatic rings. The number of nitrogens with one attached hydrogen (secondary N) is 1. The van der Waals surface area contributed by atoms with Gasteiger partial charge in [-0.2, -0.15) is 0 Å². The third-order valence-electron chi connectivity index (χ3n) is 4.70. The number of anilines is 1. The Morgan fingerprint density at radius 3 is 2.60 bits per heavy atom. The van der Waals surface area contributed by atoms with Crippen molar-refractivity contribution in [2.75, 3.05) is 11.4 Å². The first kappa shape index (κ1) is 20.4. The maximum atomic E-state index is 13.2. The van der Waals surface area contributed by atoms with Crippen LogP contribution in [-0.4, -0.2) is 25.0 Å². The normalized spacial score (nSPS) is 11.7. The van der Waals surface area contributed by atoms with Gasteiger partial charge in [0.2, 0.25) is 0 Å². The van der Waals surface area contributed by atoms with Crippen LogP contribution in [0.5, 0.6) is 0 Å². The highest BCUT2D eigenvalue weighted by molar-refractivity contribution is 7.92. The largest absolute Gasteiger partial charge is 0.334 e. The summed E-state index contributed by atoms with van der Waals surface area (Å²) in [6.07, 6.45) is 0. The second-order valence-electron chi connectivity index (χ2n) is 6.66. The Bertz CT molecular complexity index is 1500. The molecule has 0 fully saturated rings. The zero-order valence-corrected chi connectivity index (χ0v) is 18.3. The summed E-state index contributed by atoms with van der Waals surface area (Å²) in [6, 6.07) is 12.6. The Kier molecular flexibility index (Phi) is 5.05. The number of aromatic amines is 1. The lowest BCUT2D eigenvalue weighted by Crippen LogP contribution is -2.33. The number of H-pyrrole nitrogens is 1. The Morgan fingerprint density at radius 2 is 1.87 bits per heavy atom. The van der Waals surface area contributed by atoms with Gasteiger partial charge >= 0.3 is 5.69 Å². The lowest BCUT2D eigenvalue weighted by atomic mass is 10.2. The minimum atomic E-state index is -3.96. The lowest BCUT2D eigenvalue weighted by molar-refractivity contribution is 0.594. The van der Waals surface area contributed by atoms with Crippen LogP contribution < -0.4 is 15.6 Å². The standard InChI is InChI=1S/C20H16ClN3O4S2/c1-12-4-3-5-13(10-12)23(2)30(27,28)14-6-7-16(21)17(11-14)24-19(25)15-8-9-29-18(15)22-20(24)26/h3-11H,1-2H3,(H,22,26).